The summed E-state index contributed by atoms with van der Waals surface area (Å²) in [6.45, 7) is 8.75. The standard InChI is InChI=1S/C12H21N5O/c1-4-13-10-14-11(17-7-5-6-8-17)16-12(15-10)18-9(2)3/h9H,4-8H2,1-3H3,(H,13,14,15,16). The minimum Gasteiger partial charge on any atom is -0.461 e. The highest BCUT2D eigenvalue weighted by Gasteiger charge is 2.18. The van der Waals surface area contributed by atoms with E-state index in [4.69, 9.17) is 4.74 Å². The highest BCUT2D eigenvalue weighted by Crippen LogP contribution is 2.19. The van der Waals surface area contributed by atoms with Crippen LogP contribution in [-0.4, -0.2) is 40.7 Å². The van der Waals surface area contributed by atoms with E-state index >= 15 is 0 Å². The van der Waals surface area contributed by atoms with Crippen molar-refractivity contribution in [2.24, 2.45) is 0 Å². The van der Waals surface area contributed by atoms with Gasteiger partial charge in [-0.15, -0.1) is 0 Å². The van der Waals surface area contributed by atoms with E-state index in [1.165, 1.54) is 12.8 Å². The number of ether oxygens (including phenoxy) is 1. The Kier molecular flexibility index (Phi) is 4.17. The van der Waals surface area contributed by atoms with Crippen LogP contribution in [0.3, 0.4) is 0 Å². The van der Waals surface area contributed by atoms with Gasteiger partial charge in [0.15, 0.2) is 0 Å². The molecule has 2 rings (SSSR count). The molecule has 6 heteroatoms. The summed E-state index contributed by atoms with van der Waals surface area (Å²) in [4.78, 5) is 15.2. The Morgan fingerprint density at radius 2 is 1.94 bits per heavy atom. The lowest BCUT2D eigenvalue weighted by Gasteiger charge is -2.17. The Morgan fingerprint density at radius 3 is 2.56 bits per heavy atom. The Morgan fingerprint density at radius 1 is 1.22 bits per heavy atom. The molecule has 0 aliphatic carbocycles. The molecule has 1 fully saturated rings. The molecule has 2 heterocycles. The fraction of sp³-hybridized carbons (Fsp3) is 0.750. The number of nitrogens with zero attached hydrogens (tertiary/aromatic N) is 4. The summed E-state index contributed by atoms with van der Waals surface area (Å²) in [5.41, 5.74) is 0. The molecule has 0 radical (unpaired) electrons. The molecule has 100 valence electrons. The molecule has 1 aliphatic rings. The summed E-state index contributed by atoms with van der Waals surface area (Å²) in [5.74, 6) is 1.30. The van der Waals surface area contributed by atoms with Crippen molar-refractivity contribution in [1.29, 1.82) is 0 Å². The number of nitrogens with one attached hydrogen (secondary N) is 1. The van der Waals surface area contributed by atoms with E-state index in [-0.39, 0.29) is 6.10 Å². The van der Waals surface area contributed by atoms with E-state index < -0.39 is 0 Å². The number of hydrogen-bond donors (Lipinski definition) is 1. The van der Waals surface area contributed by atoms with Gasteiger partial charge in [-0.25, -0.2) is 0 Å². The average Bonchev–Trinajstić information content (AvgIpc) is 2.81. The second-order valence-electron chi connectivity index (χ2n) is 4.63. The molecule has 0 saturated carbocycles. The minimum atomic E-state index is 0.0632. The Balaban J connectivity index is 2.23. The third-order valence-corrected chi connectivity index (χ3v) is 2.67. The third kappa shape index (κ3) is 3.21. The lowest BCUT2D eigenvalue weighted by atomic mass is 10.4. The maximum absolute atomic E-state index is 5.57. The minimum absolute atomic E-state index is 0.0632. The molecule has 0 amide bonds. The largest absolute Gasteiger partial charge is 0.461 e. The molecule has 18 heavy (non-hydrogen) atoms. The first-order valence-corrected chi connectivity index (χ1v) is 6.60. The molecule has 0 aromatic carbocycles. The van der Waals surface area contributed by atoms with Crippen LogP contribution < -0.4 is 15.0 Å². The molecule has 0 unspecified atom stereocenters. The summed E-state index contributed by atoms with van der Waals surface area (Å²) in [7, 11) is 0. The van der Waals surface area contributed by atoms with Crippen molar-refractivity contribution >= 4 is 11.9 Å². The van der Waals surface area contributed by atoms with Gasteiger partial charge in [0.1, 0.15) is 0 Å². The van der Waals surface area contributed by atoms with Gasteiger partial charge in [0.05, 0.1) is 6.10 Å². The third-order valence-electron chi connectivity index (χ3n) is 2.67. The van der Waals surface area contributed by atoms with Crippen LogP contribution >= 0.6 is 0 Å². The fourth-order valence-electron chi connectivity index (χ4n) is 1.91. The van der Waals surface area contributed by atoms with E-state index in [1.54, 1.807) is 0 Å². The van der Waals surface area contributed by atoms with E-state index in [9.17, 15) is 0 Å². The van der Waals surface area contributed by atoms with Crippen LogP contribution in [-0.2, 0) is 0 Å². The van der Waals surface area contributed by atoms with Crippen molar-refractivity contribution in [1.82, 2.24) is 15.0 Å². The molecular formula is C12H21N5O. The quantitative estimate of drug-likeness (QED) is 0.859. The lowest BCUT2D eigenvalue weighted by molar-refractivity contribution is 0.222. The van der Waals surface area contributed by atoms with Gasteiger partial charge < -0.3 is 15.0 Å². The maximum Gasteiger partial charge on any atom is 0.323 e. The average molecular weight is 251 g/mol. The van der Waals surface area contributed by atoms with Crippen LogP contribution in [0.15, 0.2) is 0 Å². The normalized spacial score (nSPS) is 15.2. The van der Waals surface area contributed by atoms with Gasteiger partial charge in [-0.3, -0.25) is 0 Å². The predicted octanol–water partition coefficient (Wildman–Crippen LogP) is 1.69. The topological polar surface area (TPSA) is 63.2 Å². The van der Waals surface area contributed by atoms with Crippen LogP contribution in [0.2, 0.25) is 0 Å². The van der Waals surface area contributed by atoms with Gasteiger partial charge in [0.2, 0.25) is 11.9 Å². The lowest BCUT2D eigenvalue weighted by Crippen LogP contribution is -2.22. The van der Waals surface area contributed by atoms with Gasteiger partial charge in [-0.2, -0.15) is 15.0 Å². The van der Waals surface area contributed by atoms with Crippen LogP contribution in [0, 0.1) is 0 Å². The zero-order chi connectivity index (χ0) is 13.0. The fourth-order valence-corrected chi connectivity index (χ4v) is 1.91. The SMILES string of the molecule is CCNc1nc(OC(C)C)nc(N2CCCC2)n1. The molecule has 6 nitrogen and oxygen atoms in total. The second-order valence-corrected chi connectivity index (χ2v) is 4.63. The molecule has 1 aromatic heterocycles. The molecule has 1 aromatic rings. The van der Waals surface area contributed by atoms with Crippen LogP contribution in [0.1, 0.15) is 33.6 Å². The van der Waals surface area contributed by atoms with Crippen LogP contribution in [0.4, 0.5) is 11.9 Å². The van der Waals surface area contributed by atoms with Crippen molar-refractivity contribution < 1.29 is 4.74 Å². The molecule has 1 N–H and O–H groups in total. The van der Waals surface area contributed by atoms with Gasteiger partial charge in [-0.1, -0.05) is 0 Å². The maximum atomic E-state index is 5.57. The number of hydrogen-bond acceptors (Lipinski definition) is 6. The number of rotatable bonds is 5. The Bertz CT molecular complexity index is 390. The van der Waals surface area contributed by atoms with Gasteiger partial charge in [0, 0.05) is 19.6 Å². The monoisotopic (exact) mass is 251 g/mol. The van der Waals surface area contributed by atoms with Crippen molar-refractivity contribution in [3.8, 4) is 6.01 Å². The van der Waals surface area contributed by atoms with Crippen molar-refractivity contribution in [2.45, 2.75) is 39.7 Å². The van der Waals surface area contributed by atoms with Crippen LogP contribution in [0.25, 0.3) is 0 Å². The second kappa shape index (κ2) is 5.84. The first-order chi connectivity index (χ1) is 8.69. The summed E-state index contributed by atoms with van der Waals surface area (Å²) in [6, 6.07) is 0.401. The number of anilines is 2. The first-order valence-electron chi connectivity index (χ1n) is 6.60. The molecule has 0 spiro atoms. The zero-order valence-corrected chi connectivity index (χ0v) is 11.3. The highest BCUT2D eigenvalue weighted by molar-refractivity contribution is 5.39. The predicted molar refractivity (Wildman–Crippen MR) is 71.2 cm³/mol. The van der Waals surface area contributed by atoms with E-state index in [2.05, 4.69) is 25.2 Å². The summed E-state index contributed by atoms with van der Waals surface area (Å²) in [5, 5.41) is 3.12. The highest BCUT2D eigenvalue weighted by atomic mass is 16.5. The summed E-state index contributed by atoms with van der Waals surface area (Å²) < 4.78 is 5.57. The van der Waals surface area contributed by atoms with E-state index in [0.717, 1.165) is 19.6 Å². The summed E-state index contributed by atoms with van der Waals surface area (Å²) >= 11 is 0. The smallest absolute Gasteiger partial charge is 0.323 e. The van der Waals surface area contributed by atoms with Crippen molar-refractivity contribution in [3.63, 3.8) is 0 Å². The van der Waals surface area contributed by atoms with Crippen molar-refractivity contribution in [3.05, 3.63) is 0 Å². The number of aromatic nitrogens is 3. The molecule has 0 bridgehead atoms. The van der Waals surface area contributed by atoms with Gasteiger partial charge in [0.25, 0.3) is 0 Å². The molecule has 1 saturated heterocycles. The van der Waals surface area contributed by atoms with Gasteiger partial charge in [-0.05, 0) is 33.6 Å². The van der Waals surface area contributed by atoms with Gasteiger partial charge >= 0.3 is 6.01 Å². The Hall–Kier alpha value is -1.59. The summed E-state index contributed by atoms with van der Waals surface area (Å²) in [6.07, 6.45) is 2.46. The molecule has 0 atom stereocenters. The van der Waals surface area contributed by atoms with E-state index in [1.807, 2.05) is 20.8 Å². The first kappa shape index (κ1) is 12.9. The van der Waals surface area contributed by atoms with Crippen LogP contribution in [0.5, 0.6) is 6.01 Å². The zero-order valence-electron chi connectivity index (χ0n) is 11.3. The van der Waals surface area contributed by atoms with Crippen molar-refractivity contribution in [2.75, 3.05) is 29.9 Å². The van der Waals surface area contributed by atoms with E-state index in [0.29, 0.717) is 17.9 Å². The Labute approximate surface area is 108 Å². The molecule has 1 aliphatic heterocycles. The molecular weight excluding hydrogens is 230 g/mol.